The number of carbonyl (C=O) groups is 1. The predicted molar refractivity (Wildman–Crippen MR) is 180 cm³/mol. The smallest absolute Gasteiger partial charge is 0.407 e. The van der Waals surface area contributed by atoms with Gasteiger partial charge in [-0.2, -0.15) is 0 Å². The second-order valence-corrected chi connectivity index (χ2v) is 16.5. The summed E-state index contributed by atoms with van der Waals surface area (Å²) >= 11 is 3.37. The van der Waals surface area contributed by atoms with Gasteiger partial charge in [0.25, 0.3) is 0 Å². The van der Waals surface area contributed by atoms with Crippen molar-refractivity contribution in [1.82, 2.24) is 14.6 Å². The van der Waals surface area contributed by atoms with E-state index in [9.17, 15) is 9.90 Å². The van der Waals surface area contributed by atoms with Gasteiger partial charge in [0.05, 0.1) is 35.6 Å². The van der Waals surface area contributed by atoms with Crippen LogP contribution < -0.4 is 10.6 Å². The zero-order valence-corrected chi connectivity index (χ0v) is 28.1. The molecule has 0 radical (unpaired) electrons. The molecule has 3 aromatic rings. The fourth-order valence-corrected chi connectivity index (χ4v) is 9.90. The predicted octanol–water partition coefficient (Wildman–Crippen LogP) is 5.79. The Kier molecular flexibility index (Phi) is 8.66. The molecule has 3 aliphatic heterocycles. The first-order chi connectivity index (χ1) is 22.4. The summed E-state index contributed by atoms with van der Waals surface area (Å²) in [6.07, 6.45) is 2.19. The number of amides is 1. The van der Waals surface area contributed by atoms with Gasteiger partial charge in [-0.3, -0.25) is 0 Å². The number of thiazole rings is 1. The highest BCUT2D eigenvalue weighted by atomic mass is 32.2. The highest BCUT2D eigenvalue weighted by molar-refractivity contribution is 7.97. The van der Waals surface area contributed by atoms with Crippen molar-refractivity contribution >= 4 is 44.7 Å². The number of anilines is 1. The standard InChI is InChI=1S/C35H44N4O5S2/c1-19(2)15-39(46-22-9-11-27-30(13-22)45-34(36-27)38-31-24-14-25(24)31)16-29(40)28(12-20-6-4-3-5-7-20)37-35(41)44-32-21-8-10-23-26(32)18-43-33(23)42-17-21/h3-7,9,11,13,19,21,23-26,28-29,31-33,40H,8,10,12,14-18H2,1-2H3,(H,36,38)(H,37,41). The van der Waals surface area contributed by atoms with Crippen LogP contribution in [-0.2, 0) is 20.6 Å². The third kappa shape index (κ3) is 6.64. The van der Waals surface area contributed by atoms with Crippen LogP contribution in [0.4, 0.5) is 9.93 Å². The number of nitrogens with zero attached hydrogens (tertiary/aromatic N) is 2. The number of nitrogens with one attached hydrogen (secondary N) is 2. The van der Waals surface area contributed by atoms with E-state index in [1.165, 1.54) is 6.42 Å². The molecule has 246 valence electrons. The Bertz CT molecular complexity index is 1530. The van der Waals surface area contributed by atoms with Gasteiger partial charge < -0.3 is 30.0 Å². The lowest BCUT2D eigenvalue weighted by atomic mass is 9.74. The Morgan fingerprint density at radius 1 is 1.09 bits per heavy atom. The normalized spacial score (nSPS) is 31.8. The average molecular weight is 665 g/mol. The van der Waals surface area contributed by atoms with Gasteiger partial charge in [0, 0.05) is 41.8 Å². The number of aromatic nitrogens is 1. The number of aliphatic hydroxyl groups is 1. The van der Waals surface area contributed by atoms with Crippen molar-refractivity contribution < 1.29 is 24.1 Å². The number of ether oxygens (including phenoxy) is 3. The third-order valence-electron chi connectivity index (χ3n) is 10.4. The first-order valence-electron chi connectivity index (χ1n) is 16.9. The summed E-state index contributed by atoms with van der Waals surface area (Å²) in [4.78, 5) is 19.4. The Morgan fingerprint density at radius 2 is 1.91 bits per heavy atom. The summed E-state index contributed by atoms with van der Waals surface area (Å²) in [5.74, 6) is 2.76. The molecule has 1 amide bonds. The van der Waals surface area contributed by atoms with Crippen LogP contribution in [0.15, 0.2) is 53.4 Å². The lowest BCUT2D eigenvalue weighted by Crippen LogP contribution is -2.51. The number of benzene rings is 2. The molecule has 0 spiro atoms. The number of hydrogen-bond acceptors (Lipinski definition) is 10. The molecule has 3 saturated heterocycles. The minimum atomic E-state index is -0.819. The maximum absolute atomic E-state index is 13.5. The summed E-state index contributed by atoms with van der Waals surface area (Å²) in [6, 6.07) is 16.5. The lowest BCUT2D eigenvalue weighted by molar-refractivity contribution is -0.135. The minimum Gasteiger partial charge on any atom is -0.445 e. The van der Waals surface area contributed by atoms with E-state index in [0.717, 1.165) is 57.0 Å². The van der Waals surface area contributed by atoms with Crippen LogP contribution in [0, 0.1) is 35.5 Å². The molecular formula is C35H44N4O5S2. The van der Waals surface area contributed by atoms with Crippen LogP contribution in [0.3, 0.4) is 0 Å². The van der Waals surface area contributed by atoms with Gasteiger partial charge in [-0.15, -0.1) is 0 Å². The maximum atomic E-state index is 13.5. The highest BCUT2D eigenvalue weighted by Gasteiger charge is 2.64. The number of carbonyl (C=O) groups excluding carboxylic acids is 1. The fraction of sp³-hybridized carbons (Fsp3) is 0.600. The molecular weight excluding hydrogens is 621 g/mol. The zero-order chi connectivity index (χ0) is 31.4. The largest absolute Gasteiger partial charge is 0.445 e. The van der Waals surface area contributed by atoms with Crippen LogP contribution in [0.5, 0.6) is 0 Å². The Hall–Kier alpha value is -2.41. The quantitative estimate of drug-likeness (QED) is 0.196. The van der Waals surface area contributed by atoms with Gasteiger partial charge in [-0.25, -0.2) is 14.1 Å². The van der Waals surface area contributed by atoms with Crippen molar-refractivity contribution in [2.45, 2.75) is 75.0 Å². The molecule has 6 fully saturated rings. The molecule has 1 aromatic heterocycles. The topological polar surface area (TPSA) is 105 Å². The van der Waals surface area contributed by atoms with Crippen molar-refractivity contribution in [1.29, 1.82) is 0 Å². The average Bonchev–Trinajstić information content (AvgIpc) is 3.89. The van der Waals surface area contributed by atoms with Gasteiger partial charge >= 0.3 is 6.09 Å². The van der Waals surface area contributed by atoms with Crippen molar-refractivity contribution in [3.63, 3.8) is 0 Å². The fourth-order valence-electron chi connectivity index (χ4n) is 7.68. The molecule has 9 unspecified atom stereocenters. The SMILES string of the molecule is CC(C)CN(CC(O)C(Cc1ccccc1)NC(=O)OC1C2CCC3C(OC2)OCC31)Sc1ccc2nc(NC3C4CC43)sc2c1. The molecule has 3 N–H and O–H groups in total. The van der Waals surface area contributed by atoms with Gasteiger partial charge in [-0.1, -0.05) is 55.5 Å². The highest BCUT2D eigenvalue weighted by Crippen LogP contribution is 2.63. The van der Waals surface area contributed by atoms with Crippen LogP contribution >= 0.6 is 23.3 Å². The Labute approximate surface area is 278 Å². The molecule has 4 bridgehead atoms. The van der Waals surface area contributed by atoms with E-state index in [1.54, 1.807) is 23.3 Å². The lowest BCUT2D eigenvalue weighted by Gasteiger charge is -2.36. The molecule has 9 atom stereocenters. The van der Waals surface area contributed by atoms with E-state index >= 15 is 0 Å². The van der Waals surface area contributed by atoms with E-state index in [1.807, 2.05) is 30.3 Å². The van der Waals surface area contributed by atoms with Gasteiger partial charge in [0.15, 0.2) is 11.4 Å². The number of rotatable bonds is 13. The van der Waals surface area contributed by atoms with Gasteiger partial charge in [-0.05, 0) is 79.1 Å². The van der Waals surface area contributed by atoms with Crippen molar-refractivity contribution in [3.05, 3.63) is 54.1 Å². The maximum Gasteiger partial charge on any atom is 0.407 e. The minimum absolute atomic E-state index is 0.162. The number of hydrogen-bond donors (Lipinski definition) is 3. The Balaban J connectivity index is 0.952. The molecule has 2 aromatic carbocycles. The second-order valence-electron chi connectivity index (χ2n) is 14.3. The Morgan fingerprint density at radius 3 is 2.70 bits per heavy atom. The molecule has 9 nitrogen and oxygen atoms in total. The van der Waals surface area contributed by atoms with Crippen LogP contribution in [0.1, 0.15) is 38.7 Å². The summed E-state index contributed by atoms with van der Waals surface area (Å²) < 4.78 is 21.4. The molecule has 46 heavy (non-hydrogen) atoms. The number of alkyl carbamates (subject to hydrolysis) is 1. The molecule has 11 heteroatoms. The van der Waals surface area contributed by atoms with E-state index in [2.05, 4.69) is 47.0 Å². The monoisotopic (exact) mass is 664 g/mol. The van der Waals surface area contributed by atoms with Crippen LogP contribution in [0.2, 0.25) is 0 Å². The van der Waals surface area contributed by atoms with E-state index in [-0.39, 0.29) is 30.1 Å². The molecule has 9 rings (SSSR count). The van der Waals surface area contributed by atoms with E-state index in [4.69, 9.17) is 19.2 Å². The van der Waals surface area contributed by atoms with E-state index < -0.39 is 18.2 Å². The third-order valence-corrected chi connectivity index (χ3v) is 12.4. The van der Waals surface area contributed by atoms with Gasteiger partial charge in [0.1, 0.15) is 6.10 Å². The summed E-state index contributed by atoms with van der Waals surface area (Å²) in [5, 5.41) is 19.5. The molecule has 4 heterocycles. The molecule has 3 saturated carbocycles. The van der Waals surface area contributed by atoms with Crippen LogP contribution in [-0.4, -0.2) is 77.4 Å². The van der Waals surface area contributed by atoms with Crippen LogP contribution in [0.25, 0.3) is 10.2 Å². The molecule has 3 aliphatic carbocycles. The van der Waals surface area contributed by atoms with Crippen molar-refractivity contribution in [3.8, 4) is 0 Å². The summed E-state index contributed by atoms with van der Waals surface area (Å²) in [6.45, 7) is 6.67. The van der Waals surface area contributed by atoms with Crippen molar-refractivity contribution in [2.75, 3.05) is 31.6 Å². The molecule has 6 aliphatic rings. The van der Waals surface area contributed by atoms with E-state index in [0.29, 0.717) is 38.1 Å². The number of aliphatic hydroxyl groups excluding tert-OH is 1. The zero-order valence-electron chi connectivity index (χ0n) is 26.4. The first-order valence-corrected chi connectivity index (χ1v) is 18.5. The summed E-state index contributed by atoms with van der Waals surface area (Å²) in [7, 11) is 0. The summed E-state index contributed by atoms with van der Waals surface area (Å²) in [5.41, 5.74) is 2.06. The first kappa shape index (κ1) is 30.9. The number of fused-ring (bicyclic) bond motifs is 4. The van der Waals surface area contributed by atoms with Gasteiger partial charge in [0.2, 0.25) is 0 Å². The second kappa shape index (κ2) is 12.9. The van der Waals surface area contributed by atoms with Crippen molar-refractivity contribution in [2.24, 2.45) is 35.5 Å².